The predicted molar refractivity (Wildman–Crippen MR) is 71.6 cm³/mol. The third-order valence-corrected chi connectivity index (χ3v) is 3.47. The van der Waals surface area contributed by atoms with Gasteiger partial charge in [0.05, 0.1) is 6.61 Å². The summed E-state index contributed by atoms with van der Waals surface area (Å²) in [6.45, 7) is 4.63. The van der Waals surface area contributed by atoms with E-state index in [9.17, 15) is 9.90 Å². The number of aliphatic hydroxyl groups is 1. The maximum absolute atomic E-state index is 12.0. The SMILES string of the molecule is Cc1ccccc1N1CCC(C)NC(=O)C1CO. The van der Waals surface area contributed by atoms with Gasteiger partial charge in [-0.25, -0.2) is 0 Å². The van der Waals surface area contributed by atoms with Crippen molar-refractivity contribution in [1.29, 1.82) is 0 Å². The molecule has 1 heterocycles. The van der Waals surface area contributed by atoms with E-state index in [1.165, 1.54) is 0 Å². The summed E-state index contributed by atoms with van der Waals surface area (Å²) >= 11 is 0. The summed E-state index contributed by atoms with van der Waals surface area (Å²) in [7, 11) is 0. The van der Waals surface area contributed by atoms with Crippen molar-refractivity contribution < 1.29 is 9.90 Å². The van der Waals surface area contributed by atoms with Crippen LogP contribution in [0, 0.1) is 6.92 Å². The highest BCUT2D eigenvalue weighted by molar-refractivity contribution is 5.86. The number of benzene rings is 1. The molecule has 1 saturated heterocycles. The number of carbonyl (C=O) groups excluding carboxylic acids is 1. The van der Waals surface area contributed by atoms with Gasteiger partial charge in [0.2, 0.25) is 5.91 Å². The molecule has 1 aromatic rings. The van der Waals surface area contributed by atoms with Gasteiger partial charge in [0.1, 0.15) is 6.04 Å². The first kappa shape index (κ1) is 12.9. The Labute approximate surface area is 108 Å². The van der Waals surface area contributed by atoms with Crippen molar-refractivity contribution in [2.75, 3.05) is 18.1 Å². The molecule has 0 aliphatic carbocycles. The zero-order valence-corrected chi connectivity index (χ0v) is 10.9. The molecule has 2 unspecified atom stereocenters. The Hall–Kier alpha value is -1.55. The normalized spacial score (nSPS) is 24.6. The molecule has 1 aliphatic rings. The van der Waals surface area contributed by atoms with Gasteiger partial charge in [-0.3, -0.25) is 4.79 Å². The quantitative estimate of drug-likeness (QED) is 0.823. The molecular weight excluding hydrogens is 228 g/mol. The molecule has 0 spiro atoms. The van der Waals surface area contributed by atoms with Crippen LogP contribution in [0.15, 0.2) is 24.3 Å². The van der Waals surface area contributed by atoms with Crippen molar-refractivity contribution in [3.8, 4) is 0 Å². The standard InChI is InChI=1S/C14H20N2O2/c1-10-5-3-4-6-12(10)16-8-7-11(2)15-14(18)13(16)9-17/h3-6,11,13,17H,7-9H2,1-2H3,(H,15,18). The van der Waals surface area contributed by atoms with E-state index in [1.807, 2.05) is 43.0 Å². The van der Waals surface area contributed by atoms with Crippen LogP contribution in [-0.4, -0.2) is 36.2 Å². The van der Waals surface area contributed by atoms with Crippen LogP contribution in [0.5, 0.6) is 0 Å². The first-order valence-electron chi connectivity index (χ1n) is 6.37. The zero-order chi connectivity index (χ0) is 13.1. The van der Waals surface area contributed by atoms with E-state index in [1.54, 1.807) is 0 Å². The number of aliphatic hydroxyl groups excluding tert-OH is 1. The Morgan fingerprint density at radius 2 is 2.17 bits per heavy atom. The molecule has 0 saturated carbocycles. The molecule has 0 radical (unpaired) electrons. The second kappa shape index (κ2) is 5.40. The van der Waals surface area contributed by atoms with Crippen molar-refractivity contribution in [2.24, 2.45) is 0 Å². The lowest BCUT2D eigenvalue weighted by Gasteiger charge is -2.30. The van der Waals surface area contributed by atoms with Crippen molar-refractivity contribution in [1.82, 2.24) is 5.32 Å². The maximum Gasteiger partial charge on any atom is 0.245 e. The van der Waals surface area contributed by atoms with E-state index >= 15 is 0 Å². The minimum Gasteiger partial charge on any atom is -0.394 e. The minimum absolute atomic E-state index is 0.0919. The molecule has 1 fully saturated rings. The van der Waals surface area contributed by atoms with Gasteiger partial charge in [-0.2, -0.15) is 0 Å². The van der Waals surface area contributed by atoms with Gasteiger partial charge in [-0.05, 0) is 31.9 Å². The molecule has 2 N–H and O–H groups in total. The van der Waals surface area contributed by atoms with Gasteiger partial charge in [0.25, 0.3) is 0 Å². The Balaban J connectivity index is 2.34. The number of anilines is 1. The van der Waals surface area contributed by atoms with Crippen molar-refractivity contribution in [3.05, 3.63) is 29.8 Å². The van der Waals surface area contributed by atoms with Crippen molar-refractivity contribution in [2.45, 2.75) is 32.4 Å². The van der Waals surface area contributed by atoms with Crippen LogP contribution in [-0.2, 0) is 4.79 Å². The van der Waals surface area contributed by atoms with Gasteiger partial charge < -0.3 is 15.3 Å². The van der Waals surface area contributed by atoms with Crippen LogP contribution in [0.2, 0.25) is 0 Å². The fraction of sp³-hybridized carbons (Fsp3) is 0.500. The topological polar surface area (TPSA) is 52.6 Å². The number of hydrogen-bond donors (Lipinski definition) is 2. The summed E-state index contributed by atoms with van der Waals surface area (Å²) in [4.78, 5) is 14.0. The molecule has 0 bridgehead atoms. The maximum atomic E-state index is 12.0. The number of amides is 1. The molecule has 1 aliphatic heterocycles. The fourth-order valence-electron chi connectivity index (χ4n) is 2.40. The summed E-state index contributed by atoms with van der Waals surface area (Å²) in [5, 5.41) is 12.4. The lowest BCUT2D eigenvalue weighted by atomic mass is 10.1. The second-order valence-corrected chi connectivity index (χ2v) is 4.88. The molecule has 1 aromatic carbocycles. The molecule has 4 heteroatoms. The van der Waals surface area contributed by atoms with Gasteiger partial charge in [-0.15, -0.1) is 0 Å². The average molecular weight is 248 g/mol. The van der Waals surface area contributed by atoms with Gasteiger partial charge in [0, 0.05) is 18.3 Å². The summed E-state index contributed by atoms with van der Waals surface area (Å²) in [6.07, 6.45) is 0.885. The Morgan fingerprint density at radius 3 is 2.83 bits per heavy atom. The molecule has 18 heavy (non-hydrogen) atoms. The minimum atomic E-state index is -0.490. The Bertz CT molecular complexity index is 434. The molecule has 0 aromatic heterocycles. The van der Waals surface area contributed by atoms with Crippen LogP contribution < -0.4 is 10.2 Å². The molecule has 4 nitrogen and oxygen atoms in total. The number of rotatable bonds is 2. The smallest absolute Gasteiger partial charge is 0.245 e. The third-order valence-electron chi connectivity index (χ3n) is 3.47. The van der Waals surface area contributed by atoms with E-state index in [2.05, 4.69) is 5.32 Å². The molecular formula is C14H20N2O2. The summed E-state index contributed by atoms with van der Waals surface area (Å²) in [5.74, 6) is -0.0919. The second-order valence-electron chi connectivity index (χ2n) is 4.88. The predicted octanol–water partition coefficient (Wildman–Crippen LogP) is 1.07. The first-order chi connectivity index (χ1) is 8.63. The Kier molecular flexibility index (Phi) is 3.87. The number of aryl methyl sites for hydroxylation is 1. The lowest BCUT2D eigenvalue weighted by molar-refractivity contribution is -0.123. The van der Waals surface area contributed by atoms with E-state index in [0.29, 0.717) is 0 Å². The van der Waals surface area contributed by atoms with Gasteiger partial charge >= 0.3 is 0 Å². The van der Waals surface area contributed by atoms with Gasteiger partial charge in [0.15, 0.2) is 0 Å². The molecule has 98 valence electrons. The first-order valence-corrected chi connectivity index (χ1v) is 6.37. The number of nitrogens with one attached hydrogen (secondary N) is 1. The number of nitrogens with zero attached hydrogens (tertiary/aromatic N) is 1. The van der Waals surface area contributed by atoms with Crippen LogP contribution in [0.4, 0.5) is 5.69 Å². The summed E-state index contributed by atoms with van der Waals surface area (Å²) in [5.41, 5.74) is 2.15. The Morgan fingerprint density at radius 1 is 1.44 bits per heavy atom. The van der Waals surface area contributed by atoms with Crippen LogP contribution in [0.3, 0.4) is 0 Å². The van der Waals surface area contributed by atoms with Crippen LogP contribution >= 0.6 is 0 Å². The largest absolute Gasteiger partial charge is 0.394 e. The molecule has 1 amide bonds. The van der Waals surface area contributed by atoms with E-state index < -0.39 is 6.04 Å². The van der Waals surface area contributed by atoms with E-state index in [-0.39, 0.29) is 18.6 Å². The highest BCUT2D eigenvalue weighted by Gasteiger charge is 2.30. The summed E-state index contributed by atoms with van der Waals surface area (Å²) < 4.78 is 0. The van der Waals surface area contributed by atoms with Gasteiger partial charge in [-0.1, -0.05) is 18.2 Å². The third kappa shape index (κ3) is 2.48. The highest BCUT2D eigenvalue weighted by atomic mass is 16.3. The monoisotopic (exact) mass is 248 g/mol. The number of hydrogen-bond acceptors (Lipinski definition) is 3. The lowest BCUT2D eigenvalue weighted by Crippen LogP contribution is -2.47. The van der Waals surface area contributed by atoms with E-state index in [0.717, 1.165) is 24.2 Å². The number of carbonyl (C=O) groups is 1. The highest BCUT2D eigenvalue weighted by Crippen LogP contribution is 2.23. The number of para-hydroxylation sites is 1. The van der Waals surface area contributed by atoms with E-state index in [4.69, 9.17) is 0 Å². The van der Waals surface area contributed by atoms with Crippen LogP contribution in [0.25, 0.3) is 0 Å². The molecule has 2 atom stereocenters. The zero-order valence-electron chi connectivity index (χ0n) is 10.9. The van der Waals surface area contributed by atoms with Crippen molar-refractivity contribution in [3.63, 3.8) is 0 Å². The average Bonchev–Trinajstić information content (AvgIpc) is 2.48. The molecule has 2 rings (SSSR count). The van der Waals surface area contributed by atoms with Crippen molar-refractivity contribution >= 4 is 11.6 Å². The summed E-state index contributed by atoms with van der Waals surface area (Å²) in [6, 6.07) is 7.63. The van der Waals surface area contributed by atoms with Crippen LogP contribution in [0.1, 0.15) is 18.9 Å². The fourth-order valence-corrected chi connectivity index (χ4v) is 2.40.